The fraction of sp³-hybridized carbons (Fsp3) is 0.133. The minimum absolute atomic E-state index is 0.102. The zero-order chi connectivity index (χ0) is 15.1. The number of fused-ring (bicyclic) bond motifs is 1. The van der Waals surface area contributed by atoms with E-state index in [1.54, 1.807) is 4.57 Å². The van der Waals surface area contributed by atoms with Crippen molar-refractivity contribution in [1.82, 2.24) is 9.55 Å². The van der Waals surface area contributed by atoms with Gasteiger partial charge in [0.05, 0.1) is 11.4 Å². The molecule has 6 heteroatoms. The molecule has 0 spiro atoms. The normalized spacial score (nSPS) is 11.3. The van der Waals surface area contributed by atoms with Crippen molar-refractivity contribution in [3.63, 3.8) is 0 Å². The lowest BCUT2D eigenvalue weighted by molar-refractivity contribution is 0.590. The van der Waals surface area contributed by atoms with Crippen molar-refractivity contribution in [2.45, 2.75) is 12.8 Å². The van der Waals surface area contributed by atoms with Gasteiger partial charge in [-0.05, 0) is 30.7 Å². The van der Waals surface area contributed by atoms with Gasteiger partial charge in [0.1, 0.15) is 17.2 Å². The predicted octanol–water partition coefficient (Wildman–Crippen LogP) is 5.11. The average Bonchev–Trinajstić information content (AvgIpc) is 2.80. The SMILES string of the molecule is Cc1cc(-n2c(CCl)nc3c(F)cc(F)cc32)ccc1Br. The van der Waals surface area contributed by atoms with Gasteiger partial charge in [0.2, 0.25) is 0 Å². The van der Waals surface area contributed by atoms with Crippen molar-refractivity contribution in [2.24, 2.45) is 0 Å². The highest BCUT2D eigenvalue weighted by atomic mass is 79.9. The molecule has 0 fully saturated rings. The molecule has 0 unspecified atom stereocenters. The summed E-state index contributed by atoms with van der Waals surface area (Å²) < 4.78 is 30.0. The number of nitrogens with zero attached hydrogens (tertiary/aromatic N) is 2. The van der Waals surface area contributed by atoms with E-state index in [4.69, 9.17) is 11.6 Å². The summed E-state index contributed by atoms with van der Waals surface area (Å²) in [5, 5.41) is 0. The Morgan fingerprint density at radius 1 is 1.24 bits per heavy atom. The Morgan fingerprint density at radius 3 is 2.67 bits per heavy atom. The van der Waals surface area contributed by atoms with Crippen LogP contribution in [0, 0.1) is 18.6 Å². The number of imidazole rings is 1. The smallest absolute Gasteiger partial charge is 0.153 e. The average molecular weight is 372 g/mol. The van der Waals surface area contributed by atoms with Gasteiger partial charge in [0.25, 0.3) is 0 Å². The number of aryl methyl sites for hydroxylation is 1. The number of hydrogen-bond donors (Lipinski definition) is 0. The van der Waals surface area contributed by atoms with E-state index in [1.165, 1.54) is 6.07 Å². The van der Waals surface area contributed by atoms with Crippen molar-refractivity contribution in [3.05, 3.63) is 57.8 Å². The lowest BCUT2D eigenvalue weighted by Gasteiger charge is -2.09. The zero-order valence-electron chi connectivity index (χ0n) is 11.0. The number of benzene rings is 2. The number of halogens is 4. The number of alkyl halides is 1. The summed E-state index contributed by atoms with van der Waals surface area (Å²) in [5.41, 5.74) is 2.25. The van der Waals surface area contributed by atoms with Crippen LogP contribution in [0.1, 0.15) is 11.4 Å². The molecule has 1 heterocycles. The standard InChI is InChI=1S/C15H10BrClF2N2/c1-8-4-10(2-3-11(8)16)21-13-6-9(18)5-12(19)15(13)20-14(21)7-17/h2-6H,7H2,1H3. The van der Waals surface area contributed by atoms with E-state index in [1.807, 2.05) is 25.1 Å². The molecule has 2 aromatic carbocycles. The molecular formula is C15H10BrClF2N2. The molecule has 0 saturated heterocycles. The summed E-state index contributed by atoms with van der Waals surface area (Å²) >= 11 is 9.34. The minimum Gasteiger partial charge on any atom is -0.295 e. The van der Waals surface area contributed by atoms with E-state index in [9.17, 15) is 8.78 Å². The van der Waals surface area contributed by atoms with Crippen LogP contribution < -0.4 is 0 Å². The summed E-state index contributed by atoms with van der Waals surface area (Å²) in [6, 6.07) is 7.72. The predicted molar refractivity (Wildman–Crippen MR) is 83.0 cm³/mol. The maximum Gasteiger partial charge on any atom is 0.153 e. The first-order valence-electron chi connectivity index (χ1n) is 6.20. The molecule has 0 radical (unpaired) electrons. The fourth-order valence-corrected chi connectivity index (χ4v) is 2.72. The highest BCUT2D eigenvalue weighted by Gasteiger charge is 2.16. The van der Waals surface area contributed by atoms with E-state index in [-0.39, 0.29) is 11.4 Å². The van der Waals surface area contributed by atoms with Crippen LogP contribution >= 0.6 is 27.5 Å². The summed E-state index contributed by atoms with van der Waals surface area (Å²) in [4.78, 5) is 4.18. The van der Waals surface area contributed by atoms with Crippen molar-refractivity contribution in [2.75, 3.05) is 0 Å². The molecule has 0 aliphatic heterocycles. The van der Waals surface area contributed by atoms with Crippen LogP contribution in [-0.2, 0) is 5.88 Å². The Labute approximate surface area is 133 Å². The van der Waals surface area contributed by atoms with Crippen molar-refractivity contribution in [3.8, 4) is 5.69 Å². The van der Waals surface area contributed by atoms with Crippen LogP contribution in [0.25, 0.3) is 16.7 Å². The number of rotatable bonds is 2. The van der Waals surface area contributed by atoms with Gasteiger partial charge in [-0.1, -0.05) is 15.9 Å². The summed E-state index contributed by atoms with van der Waals surface area (Å²) in [7, 11) is 0. The minimum atomic E-state index is -0.691. The van der Waals surface area contributed by atoms with Crippen molar-refractivity contribution >= 4 is 38.6 Å². The zero-order valence-corrected chi connectivity index (χ0v) is 13.3. The molecule has 0 aliphatic rings. The van der Waals surface area contributed by atoms with Crippen LogP contribution in [0.5, 0.6) is 0 Å². The molecule has 21 heavy (non-hydrogen) atoms. The Kier molecular flexibility index (Phi) is 3.71. The topological polar surface area (TPSA) is 17.8 Å². The maximum atomic E-state index is 13.9. The monoisotopic (exact) mass is 370 g/mol. The molecular weight excluding hydrogens is 362 g/mol. The molecule has 108 valence electrons. The fourth-order valence-electron chi connectivity index (χ4n) is 2.30. The molecule has 0 amide bonds. The van der Waals surface area contributed by atoms with Gasteiger partial charge in [-0.15, -0.1) is 11.6 Å². The molecule has 2 nitrogen and oxygen atoms in total. The first-order chi connectivity index (χ1) is 10.0. The number of aromatic nitrogens is 2. The third-order valence-electron chi connectivity index (χ3n) is 3.27. The van der Waals surface area contributed by atoms with Crippen LogP contribution in [0.4, 0.5) is 8.78 Å². The summed E-state index contributed by atoms with van der Waals surface area (Å²) in [5.74, 6) is -0.761. The second-order valence-electron chi connectivity index (χ2n) is 4.69. The molecule has 0 atom stereocenters. The van der Waals surface area contributed by atoms with Crippen LogP contribution in [0.3, 0.4) is 0 Å². The van der Waals surface area contributed by atoms with Gasteiger partial charge in [-0.2, -0.15) is 0 Å². The van der Waals surface area contributed by atoms with Gasteiger partial charge < -0.3 is 0 Å². The molecule has 3 rings (SSSR count). The van der Waals surface area contributed by atoms with E-state index >= 15 is 0 Å². The van der Waals surface area contributed by atoms with Crippen molar-refractivity contribution < 1.29 is 8.78 Å². The third-order valence-corrected chi connectivity index (χ3v) is 4.40. The summed E-state index contributed by atoms with van der Waals surface area (Å²) in [6.07, 6.45) is 0. The lowest BCUT2D eigenvalue weighted by atomic mass is 10.2. The first-order valence-corrected chi connectivity index (χ1v) is 7.53. The van der Waals surface area contributed by atoms with Crippen LogP contribution in [0.15, 0.2) is 34.8 Å². The van der Waals surface area contributed by atoms with Gasteiger partial charge in [0, 0.05) is 22.3 Å². The molecule has 0 bridgehead atoms. The molecule has 3 aromatic rings. The molecule has 0 aliphatic carbocycles. The number of hydrogen-bond acceptors (Lipinski definition) is 1. The second-order valence-corrected chi connectivity index (χ2v) is 5.81. The van der Waals surface area contributed by atoms with Gasteiger partial charge >= 0.3 is 0 Å². The lowest BCUT2D eigenvalue weighted by Crippen LogP contribution is -2.00. The van der Waals surface area contributed by atoms with Crippen LogP contribution in [-0.4, -0.2) is 9.55 Å². The third kappa shape index (κ3) is 2.45. The quantitative estimate of drug-likeness (QED) is 0.572. The van der Waals surface area contributed by atoms with E-state index < -0.39 is 11.6 Å². The van der Waals surface area contributed by atoms with E-state index in [0.717, 1.165) is 21.8 Å². The van der Waals surface area contributed by atoms with Gasteiger partial charge in [-0.3, -0.25) is 4.57 Å². The van der Waals surface area contributed by atoms with E-state index in [0.29, 0.717) is 11.3 Å². The van der Waals surface area contributed by atoms with Gasteiger partial charge in [-0.25, -0.2) is 13.8 Å². The van der Waals surface area contributed by atoms with Crippen LogP contribution in [0.2, 0.25) is 0 Å². The molecule has 0 saturated carbocycles. The van der Waals surface area contributed by atoms with Gasteiger partial charge in [0.15, 0.2) is 5.82 Å². The Morgan fingerprint density at radius 2 is 2.00 bits per heavy atom. The maximum absolute atomic E-state index is 13.9. The summed E-state index contributed by atoms with van der Waals surface area (Å²) in [6.45, 7) is 1.94. The Hall–Kier alpha value is -1.46. The Balaban J connectivity index is 2.36. The second kappa shape index (κ2) is 5.39. The Bertz CT molecular complexity index is 845. The molecule has 0 N–H and O–H groups in total. The first kappa shape index (κ1) is 14.5. The largest absolute Gasteiger partial charge is 0.295 e. The van der Waals surface area contributed by atoms with E-state index in [2.05, 4.69) is 20.9 Å². The van der Waals surface area contributed by atoms with Crippen molar-refractivity contribution in [1.29, 1.82) is 0 Å². The molecule has 1 aromatic heterocycles. The highest BCUT2D eigenvalue weighted by molar-refractivity contribution is 9.10. The highest BCUT2D eigenvalue weighted by Crippen LogP contribution is 2.27.